The van der Waals surface area contributed by atoms with E-state index in [1.807, 2.05) is 0 Å². The Kier molecular flexibility index (Phi) is 6.45. The summed E-state index contributed by atoms with van der Waals surface area (Å²) in [7, 11) is -2.26. The van der Waals surface area contributed by atoms with Gasteiger partial charge >= 0.3 is 6.03 Å². The lowest BCUT2D eigenvalue weighted by Gasteiger charge is -2.16. The molecule has 0 aliphatic heterocycles. The molecule has 0 fully saturated rings. The van der Waals surface area contributed by atoms with Crippen molar-refractivity contribution in [2.24, 2.45) is 0 Å². The summed E-state index contributed by atoms with van der Waals surface area (Å²) >= 11 is 0. The molecular weight excluding hydrogens is 344 g/mol. The van der Waals surface area contributed by atoms with Crippen molar-refractivity contribution in [1.82, 2.24) is 14.6 Å². The number of pyridine rings is 1. The van der Waals surface area contributed by atoms with E-state index in [-0.39, 0.29) is 18.0 Å². The highest BCUT2D eigenvalue weighted by atomic mass is 32.2. The maximum Gasteiger partial charge on any atom is 0.319 e. The van der Waals surface area contributed by atoms with Crippen LogP contribution < -0.4 is 10.6 Å². The van der Waals surface area contributed by atoms with E-state index in [0.717, 1.165) is 9.87 Å². The highest BCUT2D eigenvalue weighted by molar-refractivity contribution is 7.89. The van der Waals surface area contributed by atoms with Crippen LogP contribution in [0.25, 0.3) is 0 Å². The minimum atomic E-state index is -3.65. The highest BCUT2D eigenvalue weighted by Crippen LogP contribution is 2.17. The molecule has 8 nitrogen and oxygen atoms in total. The zero-order valence-electron chi connectivity index (χ0n) is 13.7. The first kappa shape index (κ1) is 18.8. The minimum Gasteiger partial charge on any atom is -0.395 e. The van der Waals surface area contributed by atoms with Crippen LogP contribution in [0.15, 0.2) is 53.7 Å². The van der Waals surface area contributed by atoms with Crippen LogP contribution in [0.3, 0.4) is 0 Å². The molecule has 2 amide bonds. The predicted molar refractivity (Wildman–Crippen MR) is 93.4 cm³/mol. The lowest BCUT2D eigenvalue weighted by atomic mass is 10.3. The van der Waals surface area contributed by atoms with E-state index >= 15 is 0 Å². The summed E-state index contributed by atoms with van der Waals surface area (Å²) in [5.74, 6) is 0. The number of anilines is 1. The monoisotopic (exact) mass is 364 g/mol. The summed E-state index contributed by atoms with van der Waals surface area (Å²) in [5.41, 5.74) is 1.38. The van der Waals surface area contributed by atoms with E-state index in [0.29, 0.717) is 12.2 Å². The summed E-state index contributed by atoms with van der Waals surface area (Å²) in [6, 6.07) is 9.01. The summed E-state index contributed by atoms with van der Waals surface area (Å²) in [5, 5.41) is 14.2. The van der Waals surface area contributed by atoms with Crippen molar-refractivity contribution < 1.29 is 18.3 Å². The number of aromatic nitrogens is 1. The molecule has 1 heterocycles. The predicted octanol–water partition coefficient (Wildman–Crippen LogP) is 1.02. The Morgan fingerprint density at radius 2 is 1.80 bits per heavy atom. The molecule has 0 bridgehead atoms. The van der Waals surface area contributed by atoms with E-state index < -0.39 is 16.1 Å². The van der Waals surface area contributed by atoms with Crippen LogP contribution in [-0.2, 0) is 16.6 Å². The maximum atomic E-state index is 12.2. The van der Waals surface area contributed by atoms with Gasteiger partial charge in [0.2, 0.25) is 10.0 Å². The minimum absolute atomic E-state index is 0.0136. The maximum absolute atomic E-state index is 12.2. The average Bonchev–Trinajstić information content (AvgIpc) is 2.61. The number of benzene rings is 1. The Morgan fingerprint density at radius 3 is 2.40 bits per heavy atom. The van der Waals surface area contributed by atoms with Crippen molar-refractivity contribution in [2.75, 3.05) is 25.5 Å². The van der Waals surface area contributed by atoms with E-state index in [4.69, 9.17) is 5.11 Å². The summed E-state index contributed by atoms with van der Waals surface area (Å²) < 4.78 is 25.5. The molecule has 1 aromatic carbocycles. The van der Waals surface area contributed by atoms with Gasteiger partial charge in [-0.05, 0) is 42.0 Å². The van der Waals surface area contributed by atoms with Crippen molar-refractivity contribution in [2.45, 2.75) is 11.4 Å². The van der Waals surface area contributed by atoms with Crippen LogP contribution in [0.4, 0.5) is 10.5 Å². The van der Waals surface area contributed by atoms with E-state index in [9.17, 15) is 13.2 Å². The third kappa shape index (κ3) is 5.24. The molecule has 0 aliphatic carbocycles. The van der Waals surface area contributed by atoms with Gasteiger partial charge in [-0.15, -0.1) is 0 Å². The molecule has 0 atom stereocenters. The van der Waals surface area contributed by atoms with Crippen LogP contribution in [0, 0.1) is 0 Å². The number of nitrogens with zero attached hydrogens (tertiary/aromatic N) is 2. The van der Waals surface area contributed by atoms with Crippen LogP contribution in [0.5, 0.6) is 0 Å². The van der Waals surface area contributed by atoms with E-state index in [1.54, 1.807) is 24.5 Å². The largest absolute Gasteiger partial charge is 0.395 e. The smallest absolute Gasteiger partial charge is 0.319 e. The number of rotatable bonds is 7. The number of nitrogens with one attached hydrogen (secondary N) is 2. The quantitative estimate of drug-likeness (QED) is 0.679. The molecule has 2 rings (SSSR count). The van der Waals surface area contributed by atoms with Gasteiger partial charge in [-0.25, -0.2) is 13.2 Å². The SMILES string of the molecule is CN(CCO)S(=O)(=O)c1ccc(NC(=O)NCc2ccncc2)cc1. The number of hydrogen-bond acceptors (Lipinski definition) is 5. The number of amides is 2. The molecule has 25 heavy (non-hydrogen) atoms. The zero-order valence-corrected chi connectivity index (χ0v) is 14.5. The van der Waals surface area contributed by atoms with E-state index in [2.05, 4.69) is 15.6 Å². The first-order valence-corrected chi connectivity index (χ1v) is 8.98. The molecule has 0 radical (unpaired) electrons. The second-order valence-corrected chi connectivity index (χ2v) is 7.28. The van der Waals surface area contributed by atoms with Gasteiger partial charge in [-0.2, -0.15) is 4.31 Å². The molecule has 9 heteroatoms. The molecule has 3 N–H and O–H groups in total. The summed E-state index contributed by atoms with van der Waals surface area (Å²) in [6.45, 7) is 0.111. The van der Waals surface area contributed by atoms with Crippen LogP contribution in [0.2, 0.25) is 0 Å². The average molecular weight is 364 g/mol. The zero-order chi connectivity index (χ0) is 18.3. The molecule has 1 aromatic heterocycles. The van der Waals surface area contributed by atoms with Gasteiger partial charge in [0, 0.05) is 38.2 Å². The number of sulfonamides is 1. The molecule has 0 saturated carbocycles. The fourth-order valence-corrected chi connectivity index (χ4v) is 3.17. The molecule has 0 saturated heterocycles. The molecule has 0 spiro atoms. The van der Waals surface area contributed by atoms with Gasteiger partial charge in [0.15, 0.2) is 0 Å². The van der Waals surface area contributed by atoms with Gasteiger partial charge in [-0.3, -0.25) is 4.98 Å². The van der Waals surface area contributed by atoms with Crippen molar-refractivity contribution in [1.29, 1.82) is 0 Å². The van der Waals surface area contributed by atoms with Crippen LogP contribution in [-0.4, -0.2) is 49.0 Å². The third-order valence-corrected chi connectivity index (χ3v) is 5.31. The van der Waals surface area contributed by atoms with Crippen molar-refractivity contribution in [3.8, 4) is 0 Å². The fourth-order valence-electron chi connectivity index (χ4n) is 2.01. The van der Waals surface area contributed by atoms with Gasteiger partial charge in [0.25, 0.3) is 0 Å². The topological polar surface area (TPSA) is 112 Å². The summed E-state index contributed by atoms with van der Waals surface area (Å²) in [4.78, 5) is 15.9. The summed E-state index contributed by atoms with van der Waals surface area (Å²) in [6.07, 6.45) is 3.28. The first-order chi connectivity index (χ1) is 11.9. The molecule has 0 aliphatic rings. The molecule has 0 unspecified atom stereocenters. The lowest BCUT2D eigenvalue weighted by molar-refractivity contribution is 0.251. The van der Waals surface area contributed by atoms with Crippen molar-refractivity contribution in [3.05, 3.63) is 54.4 Å². The van der Waals surface area contributed by atoms with Gasteiger partial charge < -0.3 is 15.7 Å². The highest BCUT2D eigenvalue weighted by Gasteiger charge is 2.19. The Balaban J connectivity index is 1.94. The fraction of sp³-hybridized carbons (Fsp3) is 0.250. The Morgan fingerprint density at radius 1 is 1.16 bits per heavy atom. The van der Waals surface area contributed by atoms with Gasteiger partial charge in [0.05, 0.1) is 11.5 Å². The Hall–Kier alpha value is -2.49. The third-order valence-electron chi connectivity index (χ3n) is 3.44. The number of hydrogen-bond donors (Lipinski definition) is 3. The van der Waals surface area contributed by atoms with Crippen LogP contribution >= 0.6 is 0 Å². The lowest BCUT2D eigenvalue weighted by Crippen LogP contribution is -2.30. The second kappa shape index (κ2) is 8.56. The number of urea groups is 1. The van der Waals surface area contributed by atoms with Crippen molar-refractivity contribution >= 4 is 21.7 Å². The number of likely N-dealkylation sites (N-methyl/N-ethyl adjacent to an activating group) is 1. The van der Waals surface area contributed by atoms with E-state index in [1.165, 1.54) is 31.3 Å². The first-order valence-electron chi connectivity index (χ1n) is 7.54. The van der Waals surface area contributed by atoms with Gasteiger partial charge in [-0.1, -0.05) is 0 Å². The normalized spacial score (nSPS) is 11.3. The molecule has 2 aromatic rings. The Labute approximate surface area is 146 Å². The Bertz CT molecular complexity index is 795. The number of carbonyl (C=O) groups is 1. The van der Waals surface area contributed by atoms with Crippen LogP contribution in [0.1, 0.15) is 5.56 Å². The molecule has 134 valence electrons. The molecular formula is C16H20N4O4S. The van der Waals surface area contributed by atoms with Gasteiger partial charge in [0.1, 0.15) is 0 Å². The number of carbonyl (C=O) groups excluding carboxylic acids is 1. The number of aliphatic hydroxyl groups excluding tert-OH is 1. The second-order valence-electron chi connectivity index (χ2n) is 5.24. The standard InChI is InChI=1S/C16H20N4O4S/c1-20(10-11-21)25(23,24)15-4-2-14(3-5-15)19-16(22)18-12-13-6-8-17-9-7-13/h2-9,21H,10-12H2,1H3,(H2,18,19,22). The number of aliphatic hydroxyl groups is 1. The van der Waals surface area contributed by atoms with Crippen molar-refractivity contribution in [3.63, 3.8) is 0 Å².